The van der Waals surface area contributed by atoms with Gasteiger partial charge in [-0.05, 0) is 6.42 Å². The fraction of sp³-hybridized carbons (Fsp3) is 0.600. The molecule has 2 aromatic heterocycles. The van der Waals surface area contributed by atoms with Gasteiger partial charge in [0.2, 0.25) is 15.2 Å². The Bertz CT molecular complexity index is 962. The molecule has 0 fully saturated rings. The molecule has 0 N–H and O–H groups in total. The highest BCUT2D eigenvalue weighted by atomic mass is 35.6. The second-order valence-corrected chi connectivity index (χ2v) is 17.2. The molecule has 2 heterocycles. The quantitative estimate of drug-likeness (QED) is 0.287. The van der Waals surface area contributed by atoms with Gasteiger partial charge in [0.1, 0.15) is 5.82 Å². The van der Waals surface area contributed by atoms with Gasteiger partial charge in [0.05, 0.1) is 5.88 Å². The number of halogens is 15. The zero-order valence-electron chi connectivity index (χ0n) is 17.0. The molecule has 0 saturated carbocycles. The summed E-state index contributed by atoms with van der Waals surface area (Å²) in [7, 11) is 0. The monoisotopic (exact) mass is 798 g/mol. The Kier molecular flexibility index (Phi) is 14.2. The van der Waals surface area contributed by atoms with E-state index in [1.54, 1.807) is 0 Å². The Labute approximate surface area is 281 Å². The van der Waals surface area contributed by atoms with Gasteiger partial charge in [-0.15, -0.1) is 11.6 Å². The highest BCUT2D eigenvalue weighted by Gasteiger charge is 2.38. The van der Waals surface area contributed by atoms with Crippen LogP contribution in [-0.4, -0.2) is 35.8 Å². The second kappa shape index (κ2) is 14.0. The first kappa shape index (κ1) is 36.4. The summed E-state index contributed by atoms with van der Waals surface area (Å²) >= 11 is 85.7. The van der Waals surface area contributed by atoms with Gasteiger partial charge in [-0.1, -0.05) is 169 Å². The van der Waals surface area contributed by atoms with Crippen LogP contribution in [0.3, 0.4) is 0 Å². The molecule has 0 amide bonds. The average Bonchev–Trinajstić information content (AvgIpc) is 2.71. The van der Waals surface area contributed by atoms with E-state index < -0.39 is 19.5 Å². The summed E-state index contributed by atoms with van der Waals surface area (Å²) in [6.07, 6.45) is 1.38. The first-order valence-corrected chi connectivity index (χ1v) is 14.6. The third kappa shape index (κ3) is 11.7. The maximum absolute atomic E-state index is 5.91. The normalized spacial score (nSPS) is 13.3. The third-order valence-corrected chi connectivity index (χ3v) is 6.61. The summed E-state index contributed by atoms with van der Waals surface area (Å²) in [5.74, 6) is -0.698. The molecule has 36 heavy (non-hydrogen) atoms. The molecular weight excluding hydrogens is 796 g/mol. The molecule has 0 bridgehead atoms. The summed E-state index contributed by atoms with van der Waals surface area (Å²) in [4.78, 5) is 23.3. The van der Waals surface area contributed by atoms with E-state index in [2.05, 4.69) is 29.9 Å². The van der Waals surface area contributed by atoms with Gasteiger partial charge < -0.3 is 0 Å². The van der Waals surface area contributed by atoms with Gasteiger partial charge >= 0.3 is 0 Å². The molecule has 0 spiro atoms. The van der Waals surface area contributed by atoms with Gasteiger partial charge in [-0.25, -0.2) is 29.9 Å². The van der Waals surface area contributed by atoms with Crippen molar-refractivity contribution in [2.45, 2.75) is 39.3 Å². The predicted molar refractivity (Wildman–Crippen MR) is 155 cm³/mol. The molecule has 204 valence electrons. The van der Waals surface area contributed by atoms with Crippen LogP contribution in [0.25, 0.3) is 0 Å². The highest BCUT2D eigenvalue weighted by Crippen LogP contribution is 2.43. The number of rotatable bonds is 4. The molecule has 21 heteroatoms. The molecule has 0 unspecified atom stereocenters. The molecule has 0 saturated heterocycles. The van der Waals surface area contributed by atoms with E-state index in [1.165, 1.54) is 0 Å². The van der Waals surface area contributed by atoms with Gasteiger partial charge in [0, 0.05) is 6.42 Å². The Morgan fingerprint density at radius 3 is 1.00 bits per heavy atom. The van der Waals surface area contributed by atoms with E-state index in [9.17, 15) is 0 Å². The lowest BCUT2D eigenvalue weighted by Crippen LogP contribution is -2.24. The Morgan fingerprint density at radius 1 is 0.472 bits per heavy atom. The minimum atomic E-state index is -1.97. The number of aryl methyl sites for hydroxylation is 1. The smallest absolute Gasteiger partial charge is 0.213 e. The first-order valence-electron chi connectivity index (χ1n) is 8.76. The van der Waals surface area contributed by atoms with Crippen molar-refractivity contribution in [3.63, 3.8) is 0 Å². The molecule has 0 aromatic carbocycles. The summed E-state index contributed by atoms with van der Waals surface area (Å²) in [6, 6.07) is 0. The molecular formula is C15H9Cl15N6. The molecule has 0 aliphatic carbocycles. The minimum absolute atomic E-state index is 0.0534. The number of hydrogen-bond donors (Lipinski definition) is 0. The van der Waals surface area contributed by atoms with Crippen molar-refractivity contribution < 1.29 is 0 Å². The van der Waals surface area contributed by atoms with E-state index in [-0.39, 0.29) is 35.0 Å². The fourth-order valence-corrected chi connectivity index (χ4v) is 3.16. The number of nitrogens with zero attached hydrogens (tertiary/aromatic N) is 6. The number of hydrogen-bond acceptors (Lipinski definition) is 6. The molecule has 0 aliphatic rings. The lowest BCUT2D eigenvalue weighted by atomic mass is 10.3. The largest absolute Gasteiger partial charge is 0.250 e. The Balaban J connectivity index is 0.000000362. The SMILES string of the molecule is CCCc1nc(C(Cl)(Cl)Cl)nc(C(Cl)(Cl)Cl)n1.ClCC(Cl)(Cl)c1nc(C(Cl)(Cl)Cl)nc(C(Cl)(Cl)Cl)n1. The van der Waals surface area contributed by atoms with Crippen LogP contribution in [-0.2, 0) is 25.9 Å². The summed E-state index contributed by atoms with van der Waals surface area (Å²) in [6.45, 7) is 1.95. The lowest BCUT2D eigenvalue weighted by Gasteiger charge is -2.20. The number of aromatic nitrogens is 6. The van der Waals surface area contributed by atoms with E-state index in [0.717, 1.165) is 6.42 Å². The van der Waals surface area contributed by atoms with E-state index >= 15 is 0 Å². The summed E-state index contributed by atoms with van der Waals surface area (Å²) in [5.41, 5.74) is 0. The maximum Gasteiger partial charge on any atom is 0.250 e. The van der Waals surface area contributed by atoms with E-state index in [4.69, 9.17) is 174 Å². The van der Waals surface area contributed by atoms with Crippen LogP contribution < -0.4 is 0 Å². The van der Waals surface area contributed by atoms with Crippen LogP contribution in [0.15, 0.2) is 0 Å². The molecule has 0 radical (unpaired) electrons. The van der Waals surface area contributed by atoms with Gasteiger partial charge in [0.25, 0.3) is 0 Å². The van der Waals surface area contributed by atoms with Gasteiger partial charge in [-0.3, -0.25) is 0 Å². The van der Waals surface area contributed by atoms with Crippen molar-refractivity contribution in [2.75, 3.05) is 5.88 Å². The first-order chi connectivity index (χ1) is 16.0. The second-order valence-electron chi connectivity index (χ2n) is 6.28. The highest BCUT2D eigenvalue weighted by molar-refractivity contribution is 6.68. The zero-order chi connectivity index (χ0) is 28.3. The minimum Gasteiger partial charge on any atom is -0.213 e. The standard InChI is InChI=1S/C8H7Cl6N3.C7H2Cl9N3/c1-2-3-4-15-5(7(9,10)11)17-6(16-4)8(12,13)14;8-1-5(9,10)2-17-3(6(11,12)13)19-4(18-2)7(14,15)16/h2-3H2,1H3;1H2. The lowest BCUT2D eigenvalue weighted by molar-refractivity contribution is 0.748. The van der Waals surface area contributed by atoms with Crippen LogP contribution in [0.5, 0.6) is 0 Å². The summed E-state index contributed by atoms with van der Waals surface area (Å²) in [5, 5.41) is 0. The molecule has 0 aliphatic heterocycles. The molecule has 6 nitrogen and oxygen atoms in total. The topological polar surface area (TPSA) is 77.3 Å². The van der Waals surface area contributed by atoms with E-state index in [1.807, 2.05) is 6.92 Å². The van der Waals surface area contributed by atoms with Crippen LogP contribution >= 0.6 is 174 Å². The van der Waals surface area contributed by atoms with E-state index in [0.29, 0.717) is 12.2 Å². The van der Waals surface area contributed by atoms with Crippen molar-refractivity contribution in [3.8, 4) is 0 Å². The van der Waals surface area contributed by atoms with Crippen molar-refractivity contribution in [1.29, 1.82) is 0 Å². The van der Waals surface area contributed by atoms with Crippen LogP contribution in [0.1, 0.15) is 48.3 Å². The third-order valence-electron chi connectivity index (χ3n) is 3.30. The van der Waals surface area contributed by atoms with Crippen molar-refractivity contribution in [3.05, 3.63) is 34.9 Å². The van der Waals surface area contributed by atoms with Crippen LogP contribution in [0.2, 0.25) is 0 Å². The van der Waals surface area contributed by atoms with Crippen LogP contribution in [0, 0.1) is 0 Å². The van der Waals surface area contributed by atoms with Gasteiger partial charge in [0.15, 0.2) is 33.5 Å². The predicted octanol–water partition coefficient (Wildman–Crippen LogP) is 9.87. The maximum atomic E-state index is 5.91. The van der Waals surface area contributed by atoms with Gasteiger partial charge in [-0.2, -0.15) is 0 Å². The van der Waals surface area contributed by atoms with Crippen LogP contribution in [0.4, 0.5) is 0 Å². The summed E-state index contributed by atoms with van der Waals surface area (Å²) < 4.78 is -9.16. The molecule has 2 rings (SSSR count). The Morgan fingerprint density at radius 2 is 0.750 bits per heavy atom. The van der Waals surface area contributed by atoms with Crippen molar-refractivity contribution in [1.82, 2.24) is 29.9 Å². The van der Waals surface area contributed by atoms with Crippen molar-refractivity contribution in [2.24, 2.45) is 0 Å². The Hall–Kier alpha value is 2.37. The zero-order valence-corrected chi connectivity index (χ0v) is 28.3. The van der Waals surface area contributed by atoms with Crippen molar-refractivity contribution >= 4 is 174 Å². The average molecular weight is 805 g/mol. The number of alkyl halides is 15. The fourth-order valence-electron chi connectivity index (χ4n) is 1.86. The molecule has 0 atom stereocenters. The molecule has 2 aromatic rings.